The molecule has 0 saturated heterocycles. The van der Waals surface area contributed by atoms with Crippen molar-refractivity contribution >= 4 is 34.5 Å². The lowest BCUT2D eigenvalue weighted by molar-refractivity contribution is 0.148. The predicted molar refractivity (Wildman–Crippen MR) is 68.0 cm³/mol. The largest absolute Gasteiger partial charge is 0.388 e. The van der Waals surface area contributed by atoms with Crippen LogP contribution in [0, 0.1) is 5.41 Å². The van der Waals surface area contributed by atoms with Gasteiger partial charge in [-0.15, -0.1) is 11.3 Å². The van der Waals surface area contributed by atoms with Gasteiger partial charge >= 0.3 is 0 Å². The summed E-state index contributed by atoms with van der Waals surface area (Å²) in [5.41, 5.74) is 0.990. The Morgan fingerprint density at radius 3 is 2.40 bits per heavy atom. The fourth-order valence-corrected chi connectivity index (χ4v) is 2.87. The monoisotopic (exact) mass is 266 g/mol. The highest BCUT2D eigenvalue weighted by atomic mass is 35.5. The molecule has 1 nitrogen and oxygen atoms in total. The Morgan fingerprint density at radius 2 is 2.00 bits per heavy atom. The lowest BCUT2D eigenvalue weighted by atomic mass is 9.88. The molecule has 1 heterocycles. The molecule has 0 saturated carbocycles. The maximum atomic E-state index is 9.94. The van der Waals surface area contributed by atoms with Crippen LogP contribution in [0.2, 0.25) is 8.67 Å². The molecule has 86 valence electrons. The van der Waals surface area contributed by atoms with Gasteiger partial charge in [0.15, 0.2) is 0 Å². The molecule has 1 N–H and O–H groups in total. The Labute approximate surface area is 105 Å². The van der Waals surface area contributed by atoms with Gasteiger partial charge in [-0.05, 0) is 24.3 Å². The van der Waals surface area contributed by atoms with Gasteiger partial charge in [0.1, 0.15) is 4.34 Å². The Kier molecular flexibility index (Phi) is 4.48. The molecular formula is C11H16Cl2OS. The summed E-state index contributed by atoms with van der Waals surface area (Å²) in [6, 6.07) is 1.75. The van der Waals surface area contributed by atoms with E-state index in [-0.39, 0.29) is 5.41 Å². The summed E-state index contributed by atoms with van der Waals surface area (Å²) in [6.07, 6.45) is 1.18. The van der Waals surface area contributed by atoms with Gasteiger partial charge in [-0.2, -0.15) is 0 Å². The van der Waals surface area contributed by atoms with Crippen molar-refractivity contribution in [2.75, 3.05) is 0 Å². The van der Waals surface area contributed by atoms with Crippen LogP contribution in [0.25, 0.3) is 0 Å². The molecule has 0 bridgehead atoms. The highest BCUT2D eigenvalue weighted by molar-refractivity contribution is 7.20. The Balaban J connectivity index is 2.61. The van der Waals surface area contributed by atoms with E-state index >= 15 is 0 Å². The summed E-state index contributed by atoms with van der Waals surface area (Å²) in [7, 11) is 0. The molecule has 1 atom stereocenters. The normalized spacial score (nSPS) is 14.3. The van der Waals surface area contributed by atoms with E-state index in [1.165, 1.54) is 11.3 Å². The fraction of sp³-hybridized carbons (Fsp3) is 0.636. The molecule has 1 unspecified atom stereocenters. The van der Waals surface area contributed by atoms with Gasteiger partial charge in [0, 0.05) is 5.56 Å². The number of aliphatic hydroxyl groups excluding tert-OH is 1. The first-order valence-electron chi connectivity index (χ1n) is 4.92. The second kappa shape index (κ2) is 5.05. The van der Waals surface area contributed by atoms with Crippen LogP contribution in [-0.4, -0.2) is 5.11 Å². The van der Waals surface area contributed by atoms with Crippen LogP contribution in [0.3, 0.4) is 0 Å². The number of thiophene rings is 1. The van der Waals surface area contributed by atoms with Crippen molar-refractivity contribution in [3.8, 4) is 0 Å². The van der Waals surface area contributed by atoms with Crippen molar-refractivity contribution in [2.45, 2.75) is 39.7 Å². The maximum Gasteiger partial charge on any atom is 0.100 e. The second-order valence-electron chi connectivity index (χ2n) is 4.89. The molecular weight excluding hydrogens is 251 g/mol. The average molecular weight is 267 g/mol. The van der Waals surface area contributed by atoms with Crippen LogP contribution >= 0.6 is 34.5 Å². The predicted octanol–water partition coefficient (Wildman–Crippen LogP) is 4.91. The summed E-state index contributed by atoms with van der Waals surface area (Å²) < 4.78 is 1.23. The van der Waals surface area contributed by atoms with Gasteiger partial charge in [0.25, 0.3) is 0 Å². The highest BCUT2D eigenvalue weighted by Crippen LogP contribution is 2.37. The summed E-state index contributed by atoms with van der Waals surface area (Å²) in [6.45, 7) is 6.46. The first-order chi connectivity index (χ1) is 6.79. The van der Waals surface area contributed by atoms with Crippen molar-refractivity contribution < 1.29 is 5.11 Å². The van der Waals surface area contributed by atoms with E-state index in [4.69, 9.17) is 23.2 Å². The molecule has 0 fully saturated rings. The van der Waals surface area contributed by atoms with E-state index in [0.29, 0.717) is 8.67 Å². The van der Waals surface area contributed by atoms with Crippen molar-refractivity contribution in [1.29, 1.82) is 0 Å². The number of halogens is 2. The van der Waals surface area contributed by atoms with Gasteiger partial charge in [0.05, 0.1) is 10.4 Å². The molecule has 0 radical (unpaired) electrons. The van der Waals surface area contributed by atoms with Crippen molar-refractivity contribution in [3.05, 3.63) is 20.3 Å². The van der Waals surface area contributed by atoms with Crippen LogP contribution < -0.4 is 0 Å². The third-order valence-electron chi connectivity index (χ3n) is 2.21. The Hall–Kier alpha value is 0.240. The SMILES string of the molecule is CC(C)(C)CCC(O)c1cc(Cl)sc1Cl. The zero-order valence-corrected chi connectivity index (χ0v) is 11.5. The maximum absolute atomic E-state index is 9.94. The van der Waals surface area contributed by atoms with E-state index in [0.717, 1.165) is 18.4 Å². The smallest absolute Gasteiger partial charge is 0.100 e. The lowest BCUT2D eigenvalue weighted by Crippen LogP contribution is -2.07. The van der Waals surface area contributed by atoms with Crippen molar-refractivity contribution in [2.24, 2.45) is 5.41 Å². The molecule has 1 aromatic rings. The molecule has 1 aromatic heterocycles. The van der Waals surface area contributed by atoms with Crippen LogP contribution in [0.1, 0.15) is 45.3 Å². The van der Waals surface area contributed by atoms with Gasteiger partial charge < -0.3 is 5.11 Å². The van der Waals surface area contributed by atoms with E-state index in [1.54, 1.807) is 6.07 Å². The fourth-order valence-electron chi connectivity index (χ4n) is 1.31. The third kappa shape index (κ3) is 4.31. The summed E-state index contributed by atoms with van der Waals surface area (Å²) in [5.74, 6) is 0. The molecule has 0 amide bonds. The zero-order valence-electron chi connectivity index (χ0n) is 9.18. The van der Waals surface area contributed by atoms with E-state index < -0.39 is 6.10 Å². The average Bonchev–Trinajstić information content (AvgIpc) is 2.40. The number of rotatable bonds is 3. The molecule has 0 spiro atoms. The topological polar surface area (TPSA) is 20.2 Å². The molecule has 0 aliphatic carbocycles. The van der Waals surface area contributed by atoms with Crippen molar-refractivity contribution in [3.63, 3.8) is 0 Å². The molecule has 15 heavy (non-hydrogen) atoms. The minimum absolute atomic E-state index is 0.229. The summed E-state index contributed by atoms with van der Waals surface area (Å²) in [5, 5.41) is 9.94. The Morgan fingerprint density at radius 1 is 1.40 bits per heavy atom. The number of hydrogen-bond acceptors (Lipinski definition) is 2. The van der Waals surface area contributed by atoms with Crippen LogP contribution in [-0.2, 0) is 0 Å². The van der Waals surface area contributed by atoms with E-state index in [9.17, 15) is 5.11 Å². The zero-order chi connectivity index (χ0) is 11.6. The third-order valence-corrected chi connectivity index (χ3v) is 3.73. The molecule has 0 aliphatic heterocycles. The number of aliphatic hydroxyl groups is 1. The van der Waals surface area contributed by atoms with E-state index in [1.807, 2.05) is 0 Å². The summed E-state index contributed by atoms with van der Waals surface area (Å²) in [4.78, 5) is 0. The Bertz CT molecular complexity index is 328. The molecule has 0 aromatic carbocycles. The van der Waals surface area contributed by atoms with Gasteiger partial charge in [-0.1, -0.05) is 44.0 Å². The molecule has 4 heteroatoms. The first-order valence-corrected chi connectivity index (χ1v) is 6.49. The van der Waals surface area contributed by atoms with Gasteiger partial charge in [-0.3, -0.25) is 0 Å². The van der Waals surface area contributed by atoms with Crippen molar-refractivity contribution in [1.82, 2.24) is 0 Å². The lowest BCUT2D eigenvalue weighted by Gasteiger charge is -2.20. The van der Waals surface area contributed by atoms with Crippen LogP contribution in [0.4, 0.5) is 0 Å². The molecule has 1 rings (SSSR count). The van der Waals surface area contributed by atoms with Gasteiger partial charge in [-0.25, -0.2) is 0 Å². The highest BCUT2D eigenvalue weighted by Gasteiger charge is 2.18. The summed E-state index contributed by atoms with van der Waals surface area (Å²) >= 11 is 13.1. The number of hydrogen-bond donors (Lipinski definition) is 1. The minimum Gasteiger partial charge on any atom is -0.388 e. The quantitative estimate of drug-likeness (QED) is 0.824. The van der Waals surface area contributed by atoms with Crippen LogP contribution in [0.5, 0.6) is 0 Å². The van der Waals surface area contributed by atoms with Crippen LogP contribution in [0.15, 0.2) is 6.07 Å². The standard InChI is InChI=1S/C11H16Cl2OS/c1-11(2,3)5-4-8(14)7-6-9(12)15-10(7)13/h6,8,14H,4-5H2,1-3H3. The second-order valence-corrected chi connectivity index (χ2v) is 7.18. The minimum atomic E-state index is -0.500. The molecule has 0 aliphatic rings. The van der Waals surface area contributed by atoms with Gasteiger partial charge in [0.2, 0.25) is 0 Å². The first kappa shape index (κ1) is 13.3. The van der Waals surface area contributed by atoms with E-state index in [2.05, 4.69) is 20.8 Å².